The third-order valence-electron chi connectivity index (χ3n) is 3.55. The molecule has 0 aromatic heterocycles. The molecule has 0 aliphatic carbocycles. The van der Waals surface area contributed by atoms with E-state index in [2.05, 4.69) is 17.1 Å². The maximum absolute atomic E-state index is 13.9. The zero-order valence-electron chi connectivity index (χ0n) is 10.2. The molecule has 1 saturated heterocycles. The summed E-state index contributed by atoms with van der Waals surface area (Å²) >= 11 is 5.81. The van der Waals surface area contributed by atoms with Gasteiger partial charge in [0, 0.05) is 19.1 Å². The number of hydrogen-bond acceptors (Lipinski definition) is 2. The third-order valence-corrected chi connectivity index (χ3v) is 3.84. The van der Waals surface area contributed by atoms with Gasteiger partial charge < -0.3 is 10.2 Å². The van der Waals surface area contributed by atoms with Gasteiger partial charge in [0.15, 0.2) is 5.82 Å². The van der Waals surface area contributed by atoms with Gasteiger partial charge in [-0.25, -0.2) is 4.39 Å². The molecular weight excluding hydrogens is 239 g/mol. The number of anilines is 1. The van der Waals surface area contributed by atoms with Gasteiger partial charge in [0.05, 0.1) is 10.7 Å². The van der Waals surface area contributed by atoms with Crippen molar-refractivity contribution in [3.63, 3.8) is 0 Å². The van der Waals surface area contributed by atoms with Crippen LogP contribution in [-0.4, -0.2) is 26.2 Å². The van der Waals surface area contributed by atoms with Crippen LogP contribution in [0.1, 0.15) is 13.3 Å². The van der Waals surface area contributed by atoms with Crippen LogP contribution in [0.25, 0.3) is 0 Å². The Bertz CT molecular complexity index is 397. The molecule has 0 radical (unpaired) electrons. The highest BCUT2D eigenvalue weighted by Crippen LogP contribution is 2.29. The highest BCUT2D eigenvalue weighted by atomic mass is 35.5. The van der Waals surface area contributed by atoms with Crippen molar-refractivity contribution >= 4 is 17.3 Å². The summed E-state index contributed by atoms with van der Waals surface area (Å²) < 4.78 is 13.9. The number of hydrogen-bond donors (Lipinski definition) is 1. The predicted molar refractivity (Wildman–Crippen MR) is 70.3 cm³/mol. The third kappa shape index (κ3) is 2.55. The Morgan fingerprint density at radius 2 is 2.24 bits per heavy atom. The van der Waals surface area contributed by atoms with Crippen LogP contribution in [0.5, 0.6) is 0 Å². The summed E-state index contributed by atoms with van der Waals surface area (Å²) in [4.78, 5) is 2.08. The van der Waals surface area contributed by atoms with E-state index in [0.29, 0.717) is 17.6 Å². The van der Waals surface area contributed by atoms with Crippen LogP contribution in [0.3, 0.4) is 0 Å². The van der Waals surface area contributed by atoms with Gasteiger partial charge in [0.2, 0.25) is 0 Å². The average molecular weight is 257 g/mol. The average Bonchev–Trinajstić information content (AvgIpc) is 2.32. The quantitative estimate of drug-likeness (QED) is 0.875. The van der Waals surface area contributed by atoms with E-state index in [9.17, 15) is 4.39 Å². The highest BCUT2D eigenvalue weighted by Gasteiger charge is 2.26. The summed E-state index contributed by atoms with van der Waals surface area (Å²) in [6.45, 7) is 3.92. The van der Waals surface area contributed by atoms with E-state index < -0.39 is 0 Å². The molecule has 1 aromatic rings. The molecule has 2 unspecified atom stereocenters. The van der Waals surface area contributed by atoms with Crippen LogP contribution in [-0.2, 0) is 0 Å². The van der Waals surface area contributed by atoms with E-state index >= 15 is 0 Å². The van der Waals surface area contributed by atoms with Crippen molar-refractivity contribution in [3.8, 4) is 0 Å². The second-order valence-electron chi connectivity index (χ2n) is 4.68. The zero-order valence-corrected chi connectivity index (χ0v) is 11.0. The summed E-state index contributed by atoms with van der Waals surface area (Å²) in [5.74, 6) is 0.205. The first-order chi connectivity index (χ1) is 8.13. The molecule has 1 aliphatic heterocycles. The van der Waals surface area contributed by atoms with Crippen LogP contribution in [0, 0.1) is 11.7 Å². The molecule has 1 aliphatic rings. The van der Waals surface area contributed by atoms with Crippen molar-refractivity contribution in [2.24, 2.45) is 5.92 Å². The molecule has 1 aromatic carbocycles. The SMILES string of the molecule is CNC1CCN(c2cccc(Cl)c2F)CC1C. The molecule has 17 heavy (non-hydrogen) atoms. The van der Waals surface area contributed by atoms with Crippen LogP contribution >= 0.6 is 11.6 Å². The van der Waals surface area contributed by atoms with Crippen molar-refractivity contribution in [3.05, 3.63) is 29.0 Å². The van der Waals surface area contributed by atoms with Crippen LogP contribution in [0.4, 0.5) is 10.1 Å². The minimum atomic E-state index is -0.302. The first-order valence-corrected chi connectivity index (χ1v) is 6.37. The van der Waals surface area contributed by atoms with E-state index in [1.165, 1.54) is 0 Å². The molecule has 1 fully saturated rings. The minimum absolute atomic E-state index is 0.200. The Hall–Kier alpha value is -0.800. The largest absolute Gasteiger partial charge is 0.369 e. The molecule has 0 amide bonds. The fraction of sp³-hybridized carbons (Fsp3) is 0.538. The zero-order chi connectivity index (χ0) is 12.4. The summed E-state index contributed by atoms with van der Waals surface area (Å²) in [5, 5.41) is 3.51. The maximum atomic E-state index is 13.9. The van der Waals surface area contributed by atoms with Crippen LogP contribution in [0.2, 0.25) is 5.02 Å². The first-order valence-electron chi connectivity index (χ1n) is 5.99. The number of nitrogens with one attached hydrogen (secondary N) is 1. The second kappa shape index (κ2) is 5.23. The molecule has 2 nitrogen and oxygen atoms in total. The van der Waals surface area contributed by atoms with Crippen molar-refractivity contribution in [1.82, 2.24) is 5.32 Å². The Morgan fingerprint density at radius 3 is 2.88 bits per heavy atom. The number of rotatable bonds is 2. The molecule has 4 heteroatoms. The van der Waals surface area contributed by atoms with Gasteiger partial charge in [-0.3, -0.25) is 0 Å². The van der Waals surface area contributed by atoms with Gasteiger partial charge in [0.1, 0.15) is 0 Å². The van der Waals surface area contributed by atoms with Gasteiger partial charge in [-0.15, -0.1) is 0 Å². The molecule has 2 atom stereocenters. The van der Waals surface area contributed by atoms with Gasteiger partial charge in [0.25, 0.3) is 0 Å². The Kier molecular flexibility index (Phi) is 3.89. The molecule has 2 rings (SSSR count). The fourth-order valence-corrected chi connectivity index (χ4v) is 2.70. The molecule has 94 valence electrons. The van der Waals surface area contributed by atoms with Gasteiger partial charge >= 0.3 is 0 Å². The Morgan fingerprint density at radius 1 is 1.47 bits per heavy atom. The van der Waals surface area contributed by atoms with Gasteiger partial charge in [-0.2, -0.15) is 0 Å². The van der Waals surface area contributed by atoms with Crippen molar-refractivity contribution in [2.45, 2.75) is 19.4 Å². The lowest BCUT2D eigenvalue weighted by molar-refractivity contribution is 0.337. The molecule has 1 heterocycles. The number of piperidine rings is 1. The normalized spacial score (nSPS) is 25.1. The van der Waals surface area contributed by atoms with E-state index in [4.69, 9.17) is 11.6 Å². The maximum Gasteiger partial charge on any atom is 0.165 e. The minimum Gasteiger partial charge on any atom is -0.369 e. The standard InChI is InChI=1S/C13H18ClFN2/c1-9-8-17(7-6-11(9)16-2)12-5-3-4-10(14)13(12)15/h3-5,9,11,16H,6-8H2,1-2H3. The summed E-state index contributed by atoms with van der Waals surface area (Å²) in [5.41, 5.74) is 0.624. The van der Waals surface area contributed by atoms with Gasteiger partial charge in [-0.05, 0) is 31.5 Å². The van der Waals surface area contributed by atoms with Crippen molar-refractivity contribution in [1.29, 1.82) is 0 Å². The lowest BCUT2D eigenvalue weighted by Gasteiger charge is -2.38. The Balaban J connectivity index is 2.16. The van der Waals surface area contributed by atoms with E-state index in [-0.39, 0.29) is 10.8 Å². The molecule has 0 saturated carbocycles. The molecular formula is C13H18ClFN2. The van der Waals surface area contributed by atoms with E-state index in [0.717, 1.165) is 19.5 Å². The second-order valence-corrected chi connectivity index (χ2v) is 5.09. The topological polar surface area (TPSA) is 15.3 Å². The summed E-state index contributed by atoms with van der Waals surface area (Å²) in [7, 11) is 1.98. The molecule has 1 N–H and O–H groups in total. The lowest BCUT2D eigenvalue weighted by Crippen LogP contribution is -2.47. The Labute approximate surface area is 107 Å². The molecule has 0 spiro atoms. The van der Waals surface area contributed by atoms with Crippen molar-refractivity contribution < 1.29 is 4.39 Å². The monoisotopic (exact) mass is 256 g/mol. The summed E-state index contributed by atoms with van der Waals surface area (Å²) in [6.07, 6.45) is 1.03. The van der Waals surface area contributed by atoms with Crippen molar-refractivity contribution in [2.75, 3.05) is 25.0 Å². The molecule has 0 bridgehead atoms. The lowest BCUT2D eigenvalue weighted by atomic mass is 9.93. The predicted octanol–water partition coefficient (Wildman–Crippen LogP) is 2.91. The smallest absolute Gasteiger partial charge is 0.165 e. The highest BCUT2D eigenvalue weighted by molar-refractivity contribution is 6.31. The first kappa shape index (κ1) is 12.7. The number of benzene rings is 1. The summed E-state index contributed by atoms with van der Waals surface area (Å²) in [6, 6.07) is 5.71. The van der Waals surface area contributed by atoms with Crippen LogP contribution in [0.15, 0.2) is 18.2 Å². The fourth-order valence-electron chi connectivity index (χ4n) is 2.53. The number of halogens is 2. The van der Waals surface area contributed by atoms with E-state index in [1.54, 1.807) is 18.2 Å². The number of nitrogens with zero attached hydrogens (tertiary/aromatic N) is 1. The van der Waals surface area contributed by atoms with Gasteiger partial charge in [-0.1, -0.05) is 24.6 Å². The van der Waals surface area contributed by atoms with Crippen LogP contribution < -0.4 is 10.2 Å². The van der Waals surface area contributed by atoms with E-state index in [1.807, 2.05) is 7.05 Å².